The third-order valence-corrected chi connectivity index (χ3v) is 2.55. The summed E-state index contributed by atoms with van der Waals surface area (Å²) in [6.45, 7) is 8.62. The molecule has 3 nitrogen and oxygen atoms in total. The highest BCUT2D eigenvalue weighted by Crippen LogP contribution is 2.24. The number of hydrogen-bond acceptors (Lipinski definition) is 2. The fraction of sp³-hybridized carbons (Fsp3) is 0.500. The quantitative estimate of drug-likeness (QED) is 0.659. The normalized spacial score (nSPS) is 12.3. The zero-order valence-corrected chi connectivity index (χ0v) is 10.00. The van der Waals surface area contributed by atoms with Crippen molar-refractivity contribution in [2.24, 2.45) is 7.05 Å². The van der Waals surface area contributed by atoms with Crippen LogP contribution in [0.15, 0.2) is 12.3 Å². The molecule has 2 aromatic heterocycles. The largest absolute Gasteiger partial charge is 0.273 e. The average Bonchev–Trinajstić information content (AvgIpc) is 2.44. The molecule has 0 aliphatic rings. The summed E-state index contributed by atoms with van der Waals surface area (Å²) in [5.74, 6) is 0. The Morgan fingerprint density at radius 3 is 2.53 bits per heavy atom. The first-order valence-corrected chi connectivity index (χ1v) is 5.19. The Labute approximate surface area is 90.1 Å². The van der Waals surface area contributed by atoms with E-state index in [0.717, 1.165) is 16.7 Å². The number of hydrogen-bond donors (Lipinski definition) is 0. The molecule has 0 saturated heterocycles. The summed E-state index contributed by atoms with van der Waals surface area (Å²) in [6, 6.07) is 2.13. The summed E-state index contributed by atoms with van der Waals surface area (Å²) < 4.78 is 1.82. The second-order valence-electron chi connectivity index (χ2n) is 5.11. The van der Waals surface area contributed by atoms with Gasteiger partial charge in [0.1, 0.15) is 11.0 Å². The first-order valence-electron chi connectivity index (χ1n) is 5.19. The van der Waals surface area contributed by atoms with Crippen LogP contribution in [-0.4, -0.2) is 14.8 Å². The fourth-order valence-corrected chi connectivity index (χ4v) is 1.66. The molecule has 0 unspecified atom stereocenters. The first kappa shape index (κ1) is 10.1. The van der Waals surface area contributed by atoms with Crippen molar-refractivity contribution < 1.29 is 0 Å². The number of pyridine rings is 1. The molecule has 0 bridgehead atoms. The second kappa shape index (κ2) is 3.05. The number of fused-ring (bicyclic) bond motifs is 1. The minimum atomic E-state index is 0.0921. The third kappa shape index (κ3) is 1.74. The van der Waals surface area contributed by atoms with Crippen molar-refractivity contribution in [3.63, 3.8) is 0 Å². The predicted molar refractivity (Wildman–Crippen MR) is 61.9 cm³/mol. The SMILES string of the molecule is Cc1cc(C(C)(C)C)nc2cn(C)nc12. The molecule has 0 N–H and O–H groups in total. The standard InChI is InChI=1S/C12H17N3/c1-8-6-10(12(2,3)4)13-9-7-15(5)14-11(8)9/h6-7H,1-5H3. The van der Waals surface area contributed by atoms with Crippen molar-refractivity contribution in [2.75, 3.05) is 0 Å². The highest BCUT2D eigenvalue weighted by Gasteiger charge is 2.17. The maximum atomic E-state index is 4.64. The van der Waals surface area contributed by atoms with Crippen molar-refractivity contribution in [3.05, 3.63) is 23.5 Å². The molecule has 0 aliphatic carbocycles. The van der Waals surface area contributed by atoms with E-state index >= 15 is 0 Å². The lowest BCUT2D eigenvalue weighted by Gasteiger charge is -2.18. The van der Waals surface area contributed by atoms with Gasteiger partial charge in [-0.1, -0.05) is 20.8 Å². The van der Waals surface area contributed by atoms with E-state index < -0.39 is 0 Å². The van der Waals surface area contributed by atoms with Gasteiger partial charge in [0.05, 0.1) is 6.20 Å². The zero-order valence-electron chi connectivity index (χ0n) is 10.00. The van der Waals surface area contributed by atoms with Gasteiger partial charge in [0.2, 0.25) is 0 Å². The van der Waals surface area contributed by atoms with Gasteiger partial charge in [-0.3, -0.25) is 4.68 Å². The molecule has 2 rings (SSSR count). The Kier molecular flexibility index (Phi) is 2.07. The molecule has 80 valence electrons. The second-order valence-corrected chi connectivity index (χ2v) is 5.11. The van der Waals surface area contributed by atoms with Gasteiger partial charge in [-0.25, -0.2) is 4.98 Å². The molecule has 15 heavy (non-hydrogen) atoms. The summed E-state index contributed by atoms with van der Waals surface area (Å²) in [4.78, 5) is 4.64. The van der Waals surface area contributed by atoms with Crippen molar-refractivity contribution in [3.8, 4) is 0 Å². The number of rotatable bonds is 0. The Balaban J connectivity index is 2.72. The van der Waals surface area contributed by atoms with Crippen LogP contribution in [-0.2, 0) is 12.5 Å². The molecule has 2 aromatic rings. The molecule has 0 saturated carbocycles. The van der Waals surface area contributed by atoms with Gasteiger partial charge in [-0.05, 0) is 18.6 Å². The van der Waals surface area contributed by atoms with Crippen LogP contribution in [0, 0.1) is 6.92 Å². The molecular weight excluding hydrogens is 186 g/mol. The monoisotopic (exact) mass is 203 g/mol. The van der Waals surface area contributed by atoms with E-state index in [-0.39, 0.29) is 5.41 Å². The summed E-state index contributed by atoms with van der Waals surface area (Å²) in [7, 11) is 1.93. The number of aromatic nitrogens is 3. The van der Waals surface area contributed by atoms with Gasteiger partial charge in [-0.15, -0.1) is 0 Å². The van der Waals surface area contributed by atoms with Crippen molar-refractivity contribution in [1.82, 2.24) is 14.8 Å². The van der Waals surface area contributed by atoms with E-state index in [0.29, 0.717) is 0 Å². The topological polar surface area (TPSA) is 30.7 Å². The summed E-state index contributed by atoms with van der Waals surface area (Å²) in [6.07, 6.45) is 1.97. The summed E-state index contributed by atoms with van der Waals surface area (Å²) in [5.41, 5.74) is 4.41. The zero-order chi connectivity index (χ0) is 11.2. The van der Waals surface area contributed by atoms with Crippen LogP contribution in [0.2, 0.25) is 0 Å². The molecule has 0 aliphatic heterocycles. The lowest BCUT2D eigenvalue weighted by molar-refractivity contribution is 0.571. The van der Waals surface area contributed by atoms with Crippen LogP contribution in [0.5, 0.6) is 0 Å². The van der Waals surface area contributed by atoms with E-state index in [1.165, 1.54) is 5.56 Å². The maximum Gasteiger partial charge on any atom is 0.114 e. The molecule has 2 heterocycles. The highest BCUT2D eigenvalue weighted by molar-refractivity contribution is 5.77. The third-order valence-electron chi connectivity index (χ3n) is 2.55. The molecule has 0 amide bonds. The number of nitrogens with zero attached hydrogens (tertiary/aromatic N) is 3. The molecule has 0 fully saturated rings. The van der Waals surface area contributed by atoms with Crippen LogP contribution < -0.4 is 0 Å². The van der Waals surface area contributed by atoms with Gasteiger partial charge in [0, 0.05) is 18.2 Å². The Hall–Kier alpha value is -1.38. The Morgan fingerprint density at radius 2 is 1.93 bits per heavy atom. The van der Waals surface area contributed by atoms with E-state index in [1.807, 2.05) is 17.9 Å². The Bertz CT molecular complexity index is 503. The van der Waals surface area contributed by atoms with E-state index in [1.54, 1.807) is 0 Å². The summed E-state index contributed by atoms with van der Waals surface area (Å²) >= 11 is 0. The van der Waals surface area contributed by atoms with Crippen molar-refractivity contribution >= 4 is 11.0 Å². The minimum absolute atomic E-state index is 0.0921. The van der Waals surface area contributed by atoms with Gasteiger partial charge in [0.25, 0.3) is 0 Å². The van der Waals surface area contributed by atoms with Crippen LogP contribution >= 0.6 is 0 Å². The van der Waals surface area contributed by atoms with Gasteiger partial charge in [0.15, 0.2) is 0 Å². The molecule has 0 radical (unpaired) electrons. The highest BCUT2D eigenvalue weighted by atomic mass is 15.3. The molecule has 0 spiro atoms. The van der Waals surface area contributed by atoms with E-state index in [4.69, 9.17) is 0 Å². The maximum absolute atomic E-state index is 4.64. The predicted octanol–water partition coefficient (Wildman–Crippen LogP) is 2.57. The van der Waals surface area contributed by atoms with Crippen LogP contribution in [0.4, 0.5) is 0 Å². The van der Waals surface area contributed by atoms with E-state index in [9.17, 15) is 0 Å². The minimum Gasteiger partial charge on any atom is -0.273 e. The molecular formula is C12H17N3. The lowest BCUT2D eigenvalue weighted by Crippen LogP contribution is -2.13. The van der Waals surface area contributed by atoms with Crippen molar-refractivity contribution in [2.45, 2.75) is 33.1 Å². The Morgan fingerprint density at radius 1 is 1.27 bits per heavy atom. The van der Waals surface area contributed by atoms with Gasteiger partial charge in [-0.2, -0.15) is 5.10 Å². The van der Waals surface area contributed by atoms with Crippen molar-refractivity contribution in [1.29, 1.82) is 0 Å². The lowest BCUT2D eigenvalue weighted by atomic mass is 9.90. The fourth-order valence-electron chi connectivity index (χ4n) is 1.66. The van der Waals surface area contributed by atoms with Gasteiger partial charge >= 0.3 is 0 Å². The molecule has 0 aromatic carbocycles. The van der Waals surface area contributed by atoms with Gasteiger partial charge < -0.3 is 0 Å². The number of aryl methyl sites for hydroxylation is 2. The summed E-state index contributed by atoms with van der Waals surface area (Å²) in [5, 5.41) is 4.39. The molecule has 0 atom stereocenters. The smallest absolute Gasteiger partial charge is 0.114 e. The van der Waals surface area contributed by atoms with Crippen LogP contribution in [0.1, 0.15) is 32.0 Å². The van der Waals surface area contributed by atoms with Crippen LogP contribution in [0.3, 0.4) is 0 Å². The van der Waals surface area contributed by atoms with E-state index in [2.05, 4.69) is 43.8 Å². The van der Waals surface area contributed by atoms with Crippen LogP contribution in [0.25, 0.3) is 11.0 Å². The average molecular weight is 203 g/mol. The molecule has 3 heteroatoms. The first-order chi connectivity index (χ1) is 6.88.